The largest absolute Gasteiger partial charge is 0.283 e. The highest BCUT2D eigenvalue weighted by Gasteiger charge is 2.73. The molecule has 0 saturated carbocycles. The van der Waals surface area contributed by atoms with E-state index < -0.39 is 17.4 Å². The van der Waals surface area contributed by atoms with Crippen LogP contribution in [0.1, 0.15) is 35.4 Å². The number of aromatic nitrogens is 2. The Hall–Kier alpha value is -4.10. The van der Waals surface area contributed by atoms with Crippen LogP contribution in [0.4, 0.5) is 5.69 Å². The molecule has 7 heteroatoms. The van der Waals surface area contributed by atoms with Gasteiger partial charge < -0.3 is 0 Å². The Morgan fingerprint density at radius 3 is 2.53 bits per heavy atom. The van der Waals surface area contributed by atoms with Crippen LogP contribution >= 0.6 is 0 Å². The third-order valence-electron chi connectivity index (χ3n) is 9.39. The molecule has 4 aliphatic rings. The van der Waals surface area contributed by atoms with Gasteiger partial charge in [-0.15, -0.1) is 0 Å². The van der Waals surface area contributed by atoms with E-state index in [2.05, 4.69) is 4.90 Å². The number of rotatable bonds is 1. The second-order valence-corrected chi connectivity index (χ2v) is 11.1. The number of benzene rings is 3. The highest BCUT2D eigenvalue weighted by atomic mass is 16.2. The van der Waals surface area contributed by atoms with Crippen molar-refractivity contribution in [1.29, 1.82) is 0 Å². The fraction of sp³-hybridized carbons (Fsp3) is 0.290. The molecule has 1 spiro atoms. The van der Waals surface area contributed by atoms with Crippen LogP contribution in [0.15, 0.2) is 71.5 Å². The van der Waals surface area contributed by atoms with Gasteiger partial charge in [0, 0.05) is 11.6 Å². The minimum atomic E-state index is -0.979. The number of carbonyl (C=O) groups excluding carboxylic acids is 2. The van der Waals surface area contributed by atoms with Crippen LogP contribution in [0.3, 0.4) is 0 Å². The quantitative estimate of drug-likeness (QED) is 0.370. The highest BCUT2D eigenvalue weighted by Crippen LogP contribution is 2.62. The molecule has 38 heavy (non-hydrogen) atoms. The van der Waals surface area contributed by atoms with E-state index in [1.165, 1.54) is 4.90 Å². The summed E-state index contributed by atoms with van der Waals surface area (Å²) in [5.74, 6) is -0.941. The molecule has 5 heterocycles. The lowest BCUT2D eigenvalue weighted by molar-refractivity contribution is -0.124. The van der Waals surface area contributed by atoms with Gasteiger partial charge >= 0.3 is 0 Å². The highest BCUT2D eigenvalue weighted by molar-refractivity contribution is 6.23. The molecule has 0 unspecified atom stereocenters. The lowest BCUT2D eigenvalue weighted by atomic mass is 9.75. The summed E-state index contributed by atoms with van der Waals surface area (Å²) >= 11 is 0. The van der Waals surface area contributed by atoms with Crippen molar-refractivity contribution in [3.05, 3.63) is 99.6 Å². The molecule has 3 saturated heterocycles. The number of para-hydroxylation sites is 2. The first-order valence-electron chi connectivity index (χ1n) is 13.3. The Morgan fingerprint density at radius 2 is 1.68 bits per heavy atom. The number of nitrogens with zero attached hydrogens (tertiary/aromatic N) is 4. The third-order valence-corrected chi connectivity index (χ3v) is 9.39. The SMILES string of the molecule is Cc1ccc(N2C(=O)[C@H]3[C@@H]4CCCN4[C@]4(c5ccccc5-n5c4nc4ccccc4c5=O)[C@H]3C2=O)cc1C. The molecule has 4 aromatic rings. The Bertz CT molecular complexity index is 1790. The zero-order valence-corrected chi connectivity index (χ0v) is 21.2. The normalized spacial score (nSPS) is 27.3. The van der Waals surface area contributed by atoms with Gasteiger partial charge in [-0.2, -0.15) is 0 Å². The van der Waals surface area contributed by atoms with E-state index in [1.807, 2.05) is 74.5 Å². The molecule has 4 atom stereocenters. The summed E-state index contributed by atoms with van der Waals surface area (Å²) in [6.45, 7) is 4.77. The zero-order chi connectivity index (χ0) is 25.9. The number of amides is 2. The van der Waals surface area contributed by atoms with E-state index in [9.17, 15) is 14.4 Å². The average Bonchev–Trinajstić information content (AvgIpc) is 3.63. The smallest absolute Gasteiger partial charge is 0.266 e. The molecule has 3 fully saturated rings. The predicted molar refractivity (Wildman–Crippen MR) is 143 cm³/mol. The monoisotopic (exact) mass is 502 g/mol. The van der Waals surface area contributed by atoms with E-state index in [1.54, 1.807) is 10.6 Å². The van der Waals surface area contributed by atoms with Crippen LogP contribution in [-0.4, -0.2) is 38.9 Å². The summed E-state index contributed by atoms with van der Waals surface area (Å²) in [5, 5.41) is 0.543. The van der Waals surface area contributed by atoms with Gasteiger partial charge in [0.2, 0.25) is 11.8 Å². The van der Waals surface area contributed by atoms with Crippen molar-refractivity contribution in [3.8, 4) is 5.69 Å². The molecule has 188 valence electrons. The molecule has 2 amide bonds. The molecule has 4 aliphatic heterocycles. The first-order valence-corrected chi connectivity index (χ1v) is 13.3. The maximum Gasteiger partial charge on any atom is 0.266 e. The first kappa shape index (κ1) is 21.9. The minimum absolute atomic E-state index is 0.0871. The van der Waals surface area contributed by atoms with Crippen molar-refractivity contribution in [2.75, 3.05) is 11.4 Å². The number of aryl methyl sites for hydroxylation is 2. The van der Waals surface area contributed by atoms with Crippen LogP contribution < -0.4 is 10.5 Å². The van der Waals surface area contributed by atoms with E-state index in [4.69, 9.17) is 4.98 Å². The summed E-state index contributed by atoms with van der Waals surface area (Å²) in [6.07, 6.45) is 1.77. The van der Waals surface area contributed by atoms with Gasteiger partial charge in [-0.1, -0.05) is 36.4 Å². The predicted octanol–water partition coefficient (Wildman–Crippen LogP) is 3.84. The second-order valence-electron chi connectivity index (χ2n) is 11.1. The molecule has 0 radical (unpaired) electrons. The van der Waals surface area contributed by atoms with Gasteiger partial charge in [0.15, 0.2) is 0 Å². The molecule has 3 aromatic carbocycles. The Balaban J connectivity index is 1.44. The number of hydrogen-bond donors (Lipinski definition) is 0. The standard InChI is InChI=1S/C31H26N4O3/c1-17-13-14-19(16-18(17)2)34-28(37)25-24-12-7-15-33(24)31(26(25)29(34)38)21-9-4-6-11-23(21)35-27(36)20-8-3-5-10-22(20)32-30(31)35/h3-6,8-11,13-14,16,24-26H,7,12,15H2,1-2H3/t24-,25-,26+,31+/m0/s1. The van der Waals surface area contributed by atoms with E-state index in [-0.39, 0.29) is 23.4 Å². The van der Waals surface area contributed by atoms with Crippen LogP contribution in [0, 0.1) is 25.7 Å². The summed E-state index contributed by atoms with van der Waals surface area (Å²) < 4.78 is 1.70. The number of imide groups is 1. The lowest BCUT2D eigenvalue weighted by Crippen LogP contribution is -2.51. The maximum atomic E-state index is 14.5. The van der Waals surface area contributed by atoms with Crippen LogP contribution in [-0.2, 0) is 15.1 Å². The molecule has 0 bridgehead atoms. The first-order chi connectivity index (χ1) is 18.4. The Kier molecular flexibility index (Phi) is 4.19. The third kappa shape index (κ3) is 2.39. The number of anilines is 1. The van der Waals surface area contributed by atoms with Crippen molar-refractivity contribution < 1.29 is 9.59 Å². The molecule has 8 rings (SSSR count). The van der Waals surface area contributed by atoms with Gasteiger partial charge in [-0.25, -0.2) is 9.88 Å². The maximum absolute atomic E-state index is 14.5. The van der Waals surface area contributed by atoms with Crippen molar-refractivity contribution in [3.63, 3.8) is 0 Å². The molecule has 1 aromatic heterocycles. The second kappa shape index (κ2) is 7.26. The number of fused-ring (bicyclic) bond motifs is 11. The van der Waals surface area contributed by atoms with Crippen molar-refractivity contribution in [2.45, 2.75) is 38.3 Å². The van der Waals surface area contributed by atoms with E-state index in [0.717, 1.165) is 41.8 Å². The summed E-state index contributed by atoms with van der Waals surface area (Å²) in [4.78, 5) is 51.5. The van der Waals surface area contributed by atoms with Gasteiger partial charge in [-0.3, -0.25) is 23.9 Å². The Labute approximate surface area is 219 Å². The molecular weight excluding hydrogens is 476 g/mol. The molecule has 0 N–H and O–H groups in total. The average molecular weight is 503 g/mol. The Morgan fingerprint density at radius 1 is 0.895 bits per heavy atom. The summed E-state index contributed by atoms with van der Waals surface area (Å²) in [6, 6.07) is 20.9. The van der Waals surface area contributed by atoms with Crippen molar-refractivity contribution in [1.82, 2.24) is 14.5 Å². The van der Waals surface area contributed by atoms with Gasteiger partial charge in [0.25, 0.3) is 5.56 Å². The van der Waals surface area contributed by atoms with Crippen molar-refractivity contribution >= 4 is 28.4 Å². The van der Waals surface area contributed by atoms with Gasteiger partial charge in [0.1, 0.15) is 11.4 Å². The van der Waals surface area contributed by atoms with Gasteiger partial charge in [0.05, 0.1) is 34.1 Å². The fourth-order valence-corrected chi connectivity index (χ4v) is 7.73. The summed E-state index contributed by atoms with van der Waals surface area (Å²) in [5.41, 5.74) is 3.90. The number of carbonyl (C=O) groups is 2. The van der Waals surface area contributed by atoms with Crippen LogP contribution in [0.2, 0.25) is 0 Å². The van der Waals surface area contributed by atoms with E-state index >= 15 is 0 Å². The topological polar surface area (TPSA) is 75.5 Å². The zero-order valence-electron chi connectivity index (χ0n) is 21.2. The molecule has 7 nitrogen and oxygen atoms in total. The van der Waals surface area contributed by atoms with Crippen LogP contribution in [0.25, 0.3) is 16.6 Å². The van der Waals surface area contributed by atoms with Gasteiger partial charge in [-0.05, 0) is 74.7 Å². The van der Waals surface area contributed by atoms with Crippen molar-refractivity contribution in [2.24, 2.45) is 11.8 Å². The number of hydrogen-bond acceptors (Lipinski definition) is 5. The molecular formula is C31H26N4O3. The van der Waals surface area contributed by atoms with E-state index in [0.29, 0.717) is 22.4 Å². The van der Waals surface area contributed by atoms with Crippen LogP contribution in [0.5, 0.6) is 0 Å². The fourth-order valence-electron chi connectivity index (χ4n) is 7.73. The lowest BCUT2D eigenvalue weighted by Gasteiger charge is -2.38. The minimum Gasteiger partial charge on any atom is -0.283 e. The summed E-state index contributed by atoms with van der Waals surface area (Å²) in [7, 11) is 0. The molecule has 0 aliphatic carbocycles.